The van der Waals surface area contributed by atoms with Gasteiger partial charge in [-0.2, -0.15) is 5.26 Å². The fourth-order valence-electron chi connectivity index (χ4n) is 2.44. The Morgan fingerprint density at radius 1 is 1.04 bits per heavy atom. The van der Waals surface area contributed by atoms with Gasteiger partial charge in [0.2, 0.25) is 0 Å². The lowest BCUT2D eigenvalue weighted by molar-refractivity contribution is 0.303. The smallest absolute Gasteiger partial charge is 0.122 e. The molecule has 0 fully saturated rings. The zero-order valence-electron chi connectivity index (χ0n) is 14.0. The molecule has 0 aromatic heterocycles. The summed E-state index contributed by atoms with van der Waals surface area (Å²) in [6, 6.07) is 16.1. The third-order valence-electron chi connectivity index (χ3n) is 3.97. The molecule has 0 saturated heterocycles. The highest BCUT2D eigenvalue weighted by atomic mass is 16.5. The fraction of sp³-hybridized carbons (Fsp3) is 0.350. The molecule has 3 nitrogen and oxygen atoms in total. The maximum atomic E-state index is 9.41. The van der Waals surface area contributed by atoms with Gasteiger partial charge in [0.25, 0.3) is 0 Å². The van der Waals surface area contributed by atoms with Crippen molar-refractivity contribution in [2.45, 2.75) is 33.1 Å². The molecular formula is C20H23NO2. The summed E-state index contributed by atoms with van der Waals surface area (Å²) in [7, 11) is 0. The molecule has 0 amide bonds. The molecule has 1 unspecified atom stereocenters. The lowest BCUT2D eigenvalue weighted by Gasteiger charge is -2.13. The number of ether oxygens (including phenoxy) is 2. The molecule has 0 bridgehead atoms. The van der Waals surface area contributed by atoms with Crippen molar-refractivity contribution in [1.29, 1.82) is 5.26 Å². The van der Waals surface area contributed by atoms with E-state index >= 15 is 0 Å². The molecule has 0 radical (unpaired) electrons. The summed E-state index contributed by atoms with van der Waals surface area (Å²) < 4.78 is 11.3. The molecule has 0 aliphatic carbocycles. The van der Waals surface area contributed by atoms with Gasteiger partial charge in [-0.3, -0.25) is 0 Å². The predicted molar refractivity (Wildman–Crippen MR) is 92.0 cm³/mol. The lowest BCUT2D eigenvalue weighted by Crippen LogP contribution is -2.05. The SMILES string of the molecule is CCOc1ccc(C(C#N)CCOc2cccc(C)c2C)cc1. The number of aryl methyl sites for hydroxylation is 1. The van der Waals surface area contributed by atoms with Crippen molar-refractivity contribution >= 4 is 0 Å². The van der Waals surface area contributed by atoms with E-state index in [1.165, 1.54) is 5.56 Å². The van der Waals surface area contributed by atoms with Gasteiger partial charge in [-0.1, -0.05) is 24.3 Å². The number of hydrogen-bond donors (Lipinski definition) is 0. The van der Waals surface area contributed by atoms with Crippen LogP contribution in [0.15, 0.2) is 42.5 Å². The highest BCUT2D eigenvalue weighted by molar-refractivity contribution is 5.38. The largest absolute Gasteiger partial charge is 0.494 e. The van der Waals surface area contributed by atoms with Crippen molar-refractivity contribution < 1.29 is 9.47 Å². The van der Waals surface area contributed by atoms with E-state index in [0.29, 0.717) is 19.6 Å². The highest BCUT2D eigenvalue weighted by Crippen LogP contribution is 2.24. The monoisotopic (exact) mass is 309 g/mol. The molecule has 0 N–H and O–H groups in total. The Balaban J connectivity index is 1.95. The standard InChI is InChI=1S/C20H23NO2/c1-4-22-19-10-8-17(9-11-19)18(14-21)12-13-23-20-7-5-6-15(2)16(20)3/h5-11,18H,4,12-13H2,1-3H3. The second-order valence-electron chi connectivity index (χ2n) is 5.52. The van der Waals surface area contributed by atoms with Crippen LogP contribution in [0.5, 0.6) is 11.5 Å². The van der Waals surface area contributed by atoms with Crippen LogP contribution in [0.1, 0.15) is 36.0 Å². The highest BCUT2D eigenvalue weighted by Gasteiger charge is 2.11. The van der Waals surface area contributed by atoms with Gasteiger partial charge in [-0.15, -0.1) is 0 Å². The first-order valence-corrected chi connectivity index (χ1v) is 7.97. The molecule has 0 aliphatic heterocycles. The van der Waals surface area contributed by atoms with Crippen molar-refractivity contribution in [3.8, 4) is 17.6 Å². The molecule has 0 heterocycles. The summed E-state index contributed by atoms with van der Waals surface area (Å²) in [5.41, 5.74) is 3.37. The van der Waals surface area contributed by atoms with Gasteiger partial charge in [-0.25, -0.2) is 0 Å². The van der Waals surface area contributed by atoms with Gasteiger partial charge < -0.3 is 9.47 Å². The molecule has 2 aromatic rings. The van der Waals surface area contributed by atoms with Crippen LogP contribution >= 0.6 is 0 Å². The van der Waals surface area contributed by atoms with E-state index < -0.39 is 0 Å². The minimum absolute atomic E-state index is 0.171. The van der Waals surface area contributed by atoms with E-state index in [9.17, 15) is 5.26 Å². The number of rotatable bonds is 7. The summed E-state index contributed by atoms with van der Waals surface area (Å²) in [5.74, 6) is 1.56. The van der Waals surface area contributed by atoms with E-state index in [-0.39, 0.29) is 5.92 Å². The van der Waals surface area contributed by atoms with Crippen LogP contribution in [0.25, 0.3) is 0 Å². The van der Waals surface area contributed by atoms with Crippen LogP contribution < -0.4 is 9.47 Å². The summed E-state index contributed by atoms with van der Waals surface area (Å²) in [4.78, 5) is 0. The Kier molecular flexibility index (Phi) is 6.05. The minimum atomic E-state index is -0.171. The Bertz CT molecular complexity index is 671. The van der Waals surface area contributed by atoms with Crippen LogP contribution in [0.3, 0.4) is 0 Å². The van der Waals surface area contributed by atoms with Crippen LogP contribution in [-0.2, 0) is 0 Å². The number of hydrogen-bond acceptors (Lipinski definition) is 3. The summed E-state index contributed by atoms with van der Waals surface area (Å²) in [6.45, 7) is 7.25. The average Bonchev–Trinajstić information content (AvgIpc) is 2.57. The van der Waals surface area contributed by atoms with Crippen molar-refractivity contribution in [3.63, 3.8) is 0 Å². The van der Waals surface area contributed by atoms with Crippen molar-refractivity contribution in [2.24, 2.45) is 0 Å². The van der Waals surface area contributed by atoms with Gasteiger partial charge in [0.1, 0.15) is 11.5 Å². The molecule has 0 spiro atoms. The Morgan fingerprint density at radius 3 is 2.43 bits per heavy atom. The van der Waals surface area contributed by atoms with Crippen LogP contribution in [0.2, 0.25) is 0 Å². The molecule has 2 aromatic carbocycles. The molecule has 0 aliphatic rings. The van der Waals surface area contributed by atoms with E-state index in [2.05, 4.69) is 26.0 Å². The van der Waals surface area contributed by atoms with E-state index in [1.54, 1.807) is 0 Å². The van der Waals surface area contributed by atoms with E-state index in [0.717, 1.165) is 22.6 Å². The zero-order valence-corrected chi connectivity index (χ0v) is 14.0. The predicted octanol–water partition coefficient (Wildman–Crippen LogP) is 4.78. The Hall–Kier alpha value is -2.47. The van der Waals surface area contributed by atoms with Gasteiger partial charge in [0, 0.05) is 6.42 Å². The zero-order chi connectivity index (χ0) is 16.7. The maximum absolute atomic E-state index is 9.41. The number of nitrogens with zero attached hydrogens (tertiary/aromatic N) is 1. The van der Waals surface area contributed by atoms with Gasteiger partial charge in [-0.05, 0) is 55.7 Å². The molecule has 3 heteroatoms. The van der Waals surface area contributed by atoms with Crippen LogP contribution in [0, 0.1) is 25.2 Å². The summed E-state index contributed by atoms with van der Waals surface area (Å²) >= 11 is 0. The molecule has 23 heavy (non-hydrogen) atoms. The second-order valence-corrected chi connectivity index (χ2v) is 5.52. The third kappa shape index (κ3) is 4.50. The van der Waals surface area contributed by atoms with Crippen LogP contribution in [0.4, 0.5) is 0 Å². The maximum Gasteiger partial charge on any atom is 0.122 e. The first-order chi connectivity index (χ1) is 11.2. The lowest BCUT2D eigenvalue weighted by atomic mass is 9.97. The molecule has 0 saturated carbocycles. The average molecular weight is 309 g/mol. The Morgan fingerprint density at radius 2 is 1.78 bits per heavy atom. The van der Waals surface area contributed by atoms with Gasteiger partial charge in [0.05, 0.1) is 25.2 Å². The number of benzene rings is 2. The van der Waals surface area contributed by atoms with Crippen molar-refractivity contribution in [3.05, 3.63) is 59.2 Å². The second kappa shape index (κ2) is 8.24. The first kappa shape index (κ1) is 16.9. The fourth-order valence-corrected chi connectivity index (χ4v) is 2.44. The van der Waals surface area contributed by atoms with E-state index in [4.69, 9.17) is 9.47 Å². The first-order valence-electron chi connectivity index (χ1n) is 7.97. The third-order valence-corrected chi connectivity index (χ3v) is 3.97. The number of nitriles is 1. The van der Waals surface area contributed by atoms with Gasteiger partial charge >= 0.3 is 0 Å². The topological polar surface area (TPSA) is 42.2 Å². The molecule has 1 atom stereocenters. The van der Waals surface area contributed by atoms with Crippen molar-refractivity contribution in [2.75, 3.05) is 13.2 Å². The minimum Gasteiger partial charge on any atom is -0.494 e. The molecular weight excluding hydrogens is 286 g/mol. The van der Waals surface area contributed by atoms with E-state index in [1.807, 2.05) is 43.3 Å². The summed E-state index contributed by atoms with van der Waals surface area (Å²) in [5, 5.41) is 9.41. The Labute approximate surface area is 138 Å². The summed E-state index contributed by atoms with van der Waals surface area (Å²) in [6.07, 6.45) is 0.665. The molecule has 2 rings (SSSR count). The van der Waals surface area contributed by atoms with Gasteiger partial charge in [0.15, 0.2) is 0 Å². The van der Waals surface area contributed by atoms with Crippen molar-refractivity contribution in [1.82, 2.24) is 0 Å². The molecule has 120 valence electrons. The normalized spacial score (nSPS) is 11.6. The van der Waals surface area contributed by atoms with Crippen LogP contribution in [-0.4, -0.2) is 13.2 Å². The quantitative estimate of drug-likeness (QED) is 0.739.